The van der Waals surface area contributed by atoms with Crippen LogP contribution < -0.4 is 10.6 Å². The molecule has 5 nitrogen and oxygen atoms in total. The Morgan fingerprint density at radius 1 is 1.42 bits per heavy atom. The van der Waals surface area contributed by atoms with Crippen molar-refractivity contribution in [1.29, 1.82) is 0 Å². The first-order valence-electron chi connectivity index (χ1n) is 5.82. The van der Waals surface area contributed by atoms with Crippen molar-refractivity contribution >= 4 is 29.7 Å². The fourth-order valence-corrected chi connectivity index (χ4v) is 2.49. The van der Waals surface area contributed by atoms with Crippen LogP contribution in [0.2, 0.25) is 5.02 Å². The van der Waals surface area contributed by atoms with Gasteiger partial charge in [-0.3, -0.25) is 0 Å². The highest BCUT2D eigenvalue weighted by Gasteiger charge is 2.22. The van der Waals surface area contributed by atoms with Gasteiger partial charge in [0.1, 0.15) is 0 Å². The first kappa shape index (κ1) is 14.1. The standard InChI is InChI=1S/C12H13ClN4O.ClH/c13-9-2-1-3-10-8(9)4-5-17(10)7-11-15-12(6-14)18-16-11;/h1-3H,4-7,14H2;1H. The molecule has 0 atom stereocenters. The maximum absolute atomic E-state index is 6.17. The van der Waals surface area contributed by atoms with E-state index in [1.165, 1.54) is 5.56 Å². The normalized spacial score (nSPS) is 13.3. The summed E-state index contributed by atoms with van der Waals surface area (Å²) < 4.78 is 5.00. The minimum Gasteiger partial charge on any atom is -0.363 e. The van der Waals surface area contributed by atoms with Crippen LogP contribution in [0.25, 0.3) is 0 Å². The maximum atomic E-state index is 6.17. The number of hydrogen-bond acceptors (Lipinski definition) is 5. The molecule has 102 valence electrons. The minimum absolute atomic E-state index is 0. The summed E-state index contributed by atoms with van der Waals surface area (Å²) in [5.74, 6) is 1.12. The Hall–Kier alpha value is -1.30. The molecule has 3 rings (SSSR count). The molecule has 1 aliphatic rings. The Bertz CT molecular complexity index is 573. The van der Waals surface area contributed by atoms with E-state index in [0.717, 1.165) is 23.7 Å². The highest BCUT2D eigenvalue weighted by atomic mass is 35.5. The van der Waals surface area contributed by atoms with Crippen molar-refractivity contribution in [3.05, 3.63) is 40.5 Å². The van der Waals surface area contributed by atoms with Gasteiger partial charge in [0.05, 0.1) is 13.1 Å². The van der Waals surface area contributed by atoms with Crippen LogP contribution in [0.3, 0.4) is 0 Å². The molecule has 0 fully saturated rings. The number of anilines is 1. The molecule has 0 unspecified atom stereocenters. The lowest BCUT2D eigenvalue weighted by atomic mass is 10.2. The molecule has 2 aromatic rings. The molecule has 1 aromatic heterocycles. The number of hydrogen-bond donors (Lipinski definition) is 1. The lowest BCUT2D eigenvalue weighted by Crippen LogP contribution is -2.20. The Kier molecular flexibility index (Phi) is 4.29. The summed E-state index contributed by atoms with van der Waals surface area (Å²) in [7, 11) is 0. The largest absolute Gasteiger partial charge is 0.363 e. The van der Waals surface area contributed by atoms with Crippen LogP contribution in [0.5, 0.6) is 0 Å². The van der Waals surface area contributed by atoms with E-state index in [0.29, 0.717) is 18.3 Å². The second-order valence-corrected chi connectivity index (χ2v) is 4.62. The van der Waals surface area contributed by atoms with E-state index < -0.39 is 0 Å². The maximum Gasteiger partial charge on any atom is 0.240 e. The van der Waals surface area contributed by atoms with E-state index in [1.807, 2.05) is 12.1 Å². The van der Waals surface area contributed by atoms with Crippen LogP contribution in [0.15, 0.2) is 22.7 Å². The third kappa shape index (κ3) is 2.68. The quantitative estimate of drug-likeness (QED) is 0.941. The Morgan fingerprint density at radius 2 is 2.26 bits per heavy atom. The van der Waals surface area contributed by atoms with Crippen molar-refractivity contribution in [2.24, 2.45) is 5.73 Å². The predicted molar refractivity (Wildman–Crippen MR) is 75.6 cm³/mol. The Morgan fingerprint density at radius 3 is 3.00 bits per heavy atom. The summed E-state index contributed by atoms with van der Waals surface area (Å²) in [6, 6.07) is 5.95. The summed E-state index contributed by atoms with van der Waals surface area (Å²) in [5, 5.41) is 4.73. The van der Waals surface area contributed by atoms with Crippen LogP contribution in [0.1, 0.15) is 17.3 Å². The lowest BCUT2D eigenvalue weighted by Gasteiger charge is -2.16. The molecule has 19 heavy (non-hydrogen) atoms. The molecule has 2 N–H and O–H groups in total. The monoisotopic (exact) mass is 300 g/mol. The number of halogens is 2. The van der Waals surface area contributed by atoms with Crippen LogP contribution >= 0.6 is 24.0 Å². The molecule has 0 saturated heterocycles. The summed E-state index contributed by atoms with van der Waals surface area (Å²) >= 11 is 6.17. The van der Waals surface area contributed by atoms with Crippen LogP contribution in [-0.2, 0) is 19.5 Å². The second kappa shape index (κ2) is 5.77. The number of rotatable bonds is 3. The number of benzene rings is 1. The zero-order chi connectivity index (χ0) is 12.5. The molecule has 7 heteroatoms. The van der Waals surface area contributed by atoms with Crippen molar-refractivity contribution in [1.82, 2.24) is 10.1 Å². The average Bonchev–Trinajstić information content (AvgIpc) is 2.98. The number of aromatic nitrogens is 2. The SMILES string of the molecule is Cl.NCc1nc(CN2CCc3c(Cl)cccc32)no1. The van der Waals surface area contributed by atoms with Gasteiger partial charge in [-0.2, -0.15) is 4.98 Å². The van der Waals surface area contributed by atoms with Crippen LogP contribution in [0.4, 0.5) is 5.69 Å². The molecular weight excluding hydrogens is 287 g/mol. The smallest absolute Gasteiger partial charge is 0.240 e. The summed E-state index contributed by atoms with van der Waals surface area (Å²) in [6.07, 6.45) is 0.955. The molecular formula is C12H14Cl2N4O. The van der Waals surface area contributed by atoms with Gasteiger partial charge in [0.2, 0.25) is 5.89 Å². The lowest BCUT2D eigenvalue weighted by molar-refractivity contribution is 0.374. The Labute approximate surface area is 122 Å². The number of fused-ring (bicyclic) bond motifs is 1. The number of nitrogens with two attached hydrogens (primary N) is 1. The van der Waals surface area contributed by atoms with Gasteiger partial charge >= 0.3 is 0 Å². The molecule has 0 radical (unpaired) electrons. The summed E-state index contributed by atoms with van der Waals surface area (Å²) in [5.41, 5.74) is 7.79. The summed E-state index contributed by atoms with van der Waals surface area (Å²) in [6.45, 7) is 1.82. The van der Waals surface area contributed by atoms with Crippen molar-refractivity contribution in [2.75, 3.05) is 11.4 Å². The molecule has 0 bridgehead atoms. The van der Waals surface area contributed by atoms with E-state index >= 15 is 0 Å². The molecule has 0 amide bonds. The van der Waals surface area contributed by atoms with Gasteiger partial charge in [-0.05, 0) is 24.1 Å². The van der Waals surface area contributed by atoms with E-state index in [4.69, 9.17) is 21.9 Å². The van der Waals surface area contributed by atoms with E-state index in [9.17, 15) is 0 Å². The topological polar surface area (TPSA) is 68.2 Å². The van der Waals surface area contributed by atoms with Gasteiger partial charge < -0.3 is 15.2 Å². The molecule has 1 aliphatic heterocycles. The van der Waals surface area contributed by atoms with Crippen molar-refractivity contribution in [3.8, 4) is 0 Å². The molecule has 0 aliphatic carbocycles. The van der Waals surface area contributed by atoms with Crippen LogP contribution in [-0.4, -0.2) is 16.7 Å². The fourth-order valence-electron chi connectivity index (χ4n) is 2.23. The van der Waals surface area contributed by atoms with Gasteiger partial charge in [0.25, 0.3) is 0 Å². The zero-order valence-corrected chi connectivity index (χ0v) is 11.7. The highest BCUT2D eigenvalue weighted by Crippen LogP contribution is 2.33. The molecule has 0 saturated carbocycles. The molecule has 0 spiro atoms. The third-order valence-electron chi connectivity index (χ3n) is 3.08. The van der Waals surface area contributed by atoms with E-state index in [2.05, 4.69) is 21.1 Å². The van der Waals surface area contributed by atoms with E-state index in [-0.39, 0.29) is 19.0 Å². The van der Waals surface area contributed by atoms with Gasteiger partial charge in [-0.15, -0.1) is 12.4 Å². The molecule has 2 heterocycles. The van der Waals surface area contributed by atoms with Crippen molar-refractivity contribution in [2.45, 2.75) is 19.5 Å². The fraction of sp³-hybridized carbons (Fsp3) is 0.333. The van der Waals surface area contributed by atoms with Gasteiger partial charge in [0, 0.05) is 17.3 Å². The van der Waals surface area contributed by atoms with Crippen LogP contribution in [0, 0.1) is 0 Å². The predicted octanol–water partition coefficient (Wildman–Crippen LogP) is 2.17. The van der Waals surface area contributed by atoms with Crippen molar-refractivity contribution in [3.63, 3.8) is 0 Å². The molecule has 1 aromatic carbocycles. The number of nitrogens with zero attached hydrogens (tertiary/aromatic N) is 3. The highest BCUT2D eigenvalue weighted by molar-refractivity contribution is 6.31. The minimum atomic E-state index is 0. The third-order valence-corrected chi connectivity index (χ3v) is 3.44. The van der Waals surface area contributed by atoms with Gasteiger partial charge in [-0.25, -0.2) is 0 Å². The van der Waals surface area contributed by atoms with E-state index in [1.54, 1.807) is 0 Å². The first-order chi connectivity index (χ1) is 8.78. The Balaban J connectivity index is 0.00000133. The summed E-state index contributed by atoms with van der Waals surface area (Å²) in [4.78, 5) is 6.41. The first-order valence-corrected chi connectivity index (χ1v) is 6.19. The van der Waals surface area contributed by atoms with Crippen molar-refractivity contribution < 1.29 is 4.52 Å². The second-order valence-electron chi connectivity index (χ2n) is 4.22. The zero-order valence-electron chi connectivity index (χ0n) is 10.2. The van der Waals surface area contributed by atoms with Gasteiger partial charge in [0.15, 0.2) is 5.82 Å². The average molecular weight is 301 g/mol. The van der Waals surface area contributed by atoms with Gasteiger partial charge in [-0.1, -0.05) is 22.8 Å².